The number of rotatable bonds is 12. The highest BCUT2D eigenvalue weighted by Gasteiger charge is 2.26. The van der Waals surface area contributed by atoms with Crippen molar-refractivity contribution in [3.63, 3.8) is 0 Å². The Kier molecular flexibility index (Phi) is 57.0. The lowest BCUT2D eigenvalue weighted by molar-refractivity contribution is -0.0328. The van der Waals surface area contributed by atoms with E-state index in [2.05, 4.69) is 55.4 Å². The molecule has 0 atom stereocenters. The minimum absolute atomic E-state index is 0.406. The van der Waals surface area contributed by atoms with E-state index in [1.54, 1.807) is 0 Å². The fourth-order valence-electron chi connectivity index (χ4n) is 1.71. The Morgan fingerprint density at radius 1 is 0.345 bits per heavy atom. The van der Waals surface area contributed by atoms with Crippen molar-refractivity contribution < 1.29 is 20.4 Å². The van der Waals surface area contributed by atoms with Crippen molar-refractivity contribution in [2.45, 2.75) is 132 Å². The van der Waals surface area contributed by atoms with Crippen LogP contribution in [0.2, 0.25) is 0 Å². The van der Waals surface area contributed by atoms with E-state index in [4.69, 9.17) is 20.4 Å². The second kappa shape index (κ2) is 42.0. The van der Waals surface area contributed by atoms with Gasteiger partial charge in [0.25, 0.3) is 0 Å². The van der Waals surface area contributed by atoms with Gasteiger partial charge in [0.05, 0.1) is 31.8 Å². The normalized spacial score (nSPS) is 9.52. The van der Waals surface area contributed by atoms with Crippen LogP contribution < -0.4 is 0 Å². The highest BCUT2D eigenvalue weighted by molar-refractivity contribution is 4.74. The summed E-state index contributed by atoms with van der Waals surface area (Å²) in [7, 11) is 0. The van der Waals surface area contributed by atoms with Gasteiger partial charge in [-0.15, -0.1) is 0 Å². The molecule has 0 unspecified atom stereocenters. The van der Waals surface area contributed by atoms with Gasteiger partial charge in [0.2, 0.25) is 0 Å². The fraction of sp³-hybridized carbons (Fsp3) is 1.00. The Morgan fingerprint density at radius 3 is 0.483 bits per heavy atom. The minimum atomic E-state index is -1.11. The summed E-state index contributed by atoms with van der Waals surface area (Å²) in [6, 6.07) is 0. The molecule has 0 saturated carbocycles. The summed E-state index contributed by atoms with van der Waals surface area (Å²) in [6.07, 6.45) is 16.3. The van der Waals surface area contributed by atoms with Gasteiger partial charge in [0.15, 0.2) is 0 Å². The van der Waals surface area contributed by atoms with Gasteiger partial charge in [-0.3, -0.25) is 0 Å². The fourth-order valence-corrected chi connectivity index (χ4v) is 1.71. The maximum absolute atomic E-state index is 8.50. The van der Waals surface area contributed by atoms with Crippen LogP contribution in [0, 0.1) is 5.41 Å². The molecule has 0 aromatic heterocycles. The first-order chi connectivity index (χ1) is 13.9. The molecular formula is C25H60O4. The third kappa shape index (κ3) is 47.2. The summed E-state index contributed by atoms with van der Waals surface area (Å²) >= 11 is 0. The molecule has 0 amide bonds. The highest BCUT2D eigenvalue weighted by atomic mass is 16.3. The molecule has 0 rings (SSSR count). The molecular weight excluding hydrogens is 364 g/mol. The van der Waals surface area contributed by atoms with Gasteiger partial charge < -0.3 is 20.4 Å². The average Bonchev–Trinajstić information content (AvgIpc) is 2.74. The molecule has 0 aliphatic heterocycles. The second-order valence-electron chi connectivity index (χ2n) is 7.55. The molecule has 0 radical (unpaired) electrons. The zero-order chi connectivity index (χ0) is 23.8. The van der Waals surface area contributed by atoms with E-state index >= 15 is 0 Å². The van der Waals surface area contributed by atoms with Gasteiger partial charge in [0, 0.05) is 0 Å². The van der Waals surface area contributed by atoms with E-state index in [0.717, 1.165) is 0 Å². The van der Waals surface area contributed by atoms with E-state index in [-0.39, 0.29) is 0 Å². The van der Waals surface area contributed by atoms with Crippen molar-refractivity contribution in [2.24, 2.45) is 5.41 Å². The lowest BCUT2D eigenvalue weighted by Crippen LogP contribution is -2.37. The molecule has 0 aromatic rings. The van der Waals surface area contributed by atoms with Gasteiger partial charge in [-0.2, -0.15) is 0 Å². The molecule has 4 nitrogen and oxygen atoms in total. The van der Waals surface area contributed by atoms with Gasteiger partial charge in [-0.05, 0) is 0 Å². The van der Waals surface area contributed by atoms with Crippen molar-refractivity contribution in [3.8, 4) is 0 Å². The Labute approximate surface area is 185 Å². The Hall–Kier alpha value is -0.160. The van der Waals surface area contributed by atoms with Crippen molar-refractivity contribution in [2.75, 3.05) is 26.4 Å². The predicted molar refractivity (Wildman–Crippen MR) is 132 cm³/mol. The Bertz CT molecular complexity index is 157. The SMILES string of the molecule is CCCCC.CCCCC.CCCCC.CCCCC.OCC(CO)(CO)CO. The third-order valence-electron chi connectivity index (χ3n) is 4.17. The van der Waals surface area contributed by atoms with Crippen LogP contribution in [0.15, 0.2) is 0 Å². The van der Waals surface area contributed by atoms with Crippen LogP contribution in [-0.4, -0.2) is 46.9 Å². The highest BCUT2D eigenvalue weighted by Crippen LogP contribution is 2.11. The summed E-state index contributed by atoms with van der Waals surface area (Å²) in [5, 5.41) is 34.0. The minimum Gasteiger partial charge on any atom is -0.396 e. The number of hydrogen-bond acceptors (Lipinski definition) is 4. The molecule has 0 aliphatic rings. The summed E-state index contributed by atoms with van der Waals surface area (Å²) < 4.78 is 0. The molecule has 0 heterocycles. The quantitative estimate of drug-likeness (QED) is 0.280. The first-order valence-electron chi connectivity index (χ1n) is 12.3. The van der Waals surface area contributed by atoms with Crippen molar-refractivity contribution >= 4 is 0 Å². The summed E-state index contributed by atoms with van der Waals surface area (Å²) in [4.78, 5) is 0. The smallest absolute Gasteiger partial charge is 0.0627 e. The Morgan fingerprint density at radius 2 is 0.483 bits per heavy atom. The third-order valence-corrected chi connectivity index (χ3v) is 4.17. The van der Waals surface area contributed by atoms with Crippen LogP contribution in [-0.2, 0) is 0 Å². The van der Waals surface area contributed by atoms with Crippen LogP contribution >= 0.6 is 0 Å². The lowest BCUT2D eigenvalue weighted by Gasteiger charge is -2.23. The molecule has 0 aromatic carbocycles. The molecule has 0 bridgehead atoms. The molecule has 4 heteroatoms. The average molecular weight is 425 g/mol. The molecule has 0 aliphatic carbocycles. The standard InChI is InChI=1S/C5H12O4.4C5H12/c6-1-5(2-7,3-8)4-9;4*1-3-5-4-2/h6-9H,1-4H2;4*3-5H2,1-2H3. The number of unbranched alkanes of at least 4 members (excludes halogenated alkanes) is 8. The van der Waals surface area contributed by atoms with Crippen molar-refractivity contribution in [1.82, 2.24) is 0 Å². The van der Waals surface area contributed by atoms with Gasteiger partial charge in [0.1, 0.15) is 0 Å². The van der Waals surface area contributed by atoms with Gasteiger partial charge in [-0.1, -0.05) is 132 Å². The van der Waals surface area contributed by atoms with Crippen LogP contribution in [0.25, 0.3) is 0 Å². The van der Waals surface area contributed by atoms with Crippen LogP contribution in [0.4, 0.5) is 0 Å². The van der Waals surface area contributed by atoms with Crippen LogP contribution in [0.3, 0.4) is 0 Å². The second-order valence-corrected chi connectivity index (χ2v) is 7.55. The van der Waals surface area contributed by atoms with Gasteiger partial charge in [-0.25, -0.2) is 0 Å². The molecule has 4 N–H and O–H groups in total. The maximum Gasteiger partial charge on any atom is 0.0627 e. The molecule has 0 spiro atoms. The summed E-state index contributed by atoms with van der Waals surface area (Å²) in [5.74, 6) is 0. The predicted octanol–water partition coefficient (Wildman–Crippen LogP) is 6.73. The van der Waals surface area contributed by atoms with Gasteiger partial charge >= 0.3 is 0 Å². The lowest BCUT2D eigenvalue weighted by atomic mass is 9.93. The molecule has 184 valence electrons. The van der Waals surface area contributed by atoms with Crippen molar-refractivity contribution in [3.05, 3.63) is 0 Å². The number of aliphatic hydroxyl groups is 4. The van der Waals surface area contributed by atoms with E-state index < -0.39 is 31.8 Å². The van der Waals surface area contributed by atoms with Crippen molar-refractivity contribution in [1.29, 1.82) is 0 Å². The summed E-state index contributed by atoms with van der Waals surface area (Å²) in [5.41, 5.74) is -1.11. The first-order valence-corrected chi connectivity index (χ1v) is 12.3. The Balaban J connectivity index is -0.0000000853. The summed E-state index contributed by atoms with van der Waals surface area (Å²) in [6.45, 7) is 16.1. The first kappa shape index (κ1) is 39.3. The van der Waals surface area contributed by atoms with E-state index in [1.165, 1.54) is 77.0 Å². The largest absolute Gasteiger partial charge is 0.396 e. The maximum atomic E-state index is 8.50. The zero-order valence-corrected chi connectivity index (χ0v) is 21.6. The number of aliphatic hydroxyl groups excluding tert-OH is 4. The topological polar surface area (TPSA) is 80.9 Å². The molecule has 0 fully saturated rings. The monoisotopic (exact) mass is 424 g/mol. The van der Waals surface area contributed by atoms with E-state index in [1.807, 2.05) is 0 Å². The van der Waals surface area contributed by atoms with E-state index in [9.17, 15) is 0 Å². The van der Waals surface area contributed by atoms with E-state index in [0.29, 0.717) is 0 Å². The van der Waals surface area contributed by atoms with Crippen LogP contribution in [0.1, 0.15) is 132 Å². The zero-order valence-electron chi connectivity index (χ0n) is 21.6. The molecule has 0 saturated heterocycles. The molecule has 29 heavy (non-hydrogen) atoms. The van der Waals surface area contributed by atoms with Crippen LogP contribution in [0.5, 0.6) is 0 Å². The number of hydrogen-bond donors (Lipinski definition) is 4.